The van der Waals surface area contributed by atoms with Crippen molar-refractivity contribution in [2.24, 2.45) is 5.73 Å². The number of anilines is 1. The molecule has 0 amide bonds. The Labute approximate surface area is 125 Å². The Morgan fingerprint density at radius 2 is 2.21 bits per heavy atom. The van der Waals surface area contributed by atoms with Gasteiger partial charge in [-0.05, 0) is 56.3 Å². The monoisotopic (exact) mass is 324 g/mol. The normalized spacial score (nSPS) is 19.7. The molecule has 1 heterocycles. The van der Waals surface area contributed by atoms with E-state index in [1.54, 1.807) is 0 Å². The van der Waals surface area contributed by atoms with E-state index in [0.29, 0.717) is 6.54 Å². The van der Waals surface area contributed by atoms with Crippen molar-refractivity contribution in [3.63, 3.8) is 0 Å². The molecule has 1 fully saturated rings. The molecule has 1 atom stereocenters. The molecule has 1 aliphatic heterocycles. The third-order valence-electron chi connectivity index (χ3n) is 4.03. The van der Waals surface area contributed by atoms with Gasteiger partial charge in [0.05, 0.1) is 0 Å². The fourth-order valence-electron chi connectivity index (χ4n) is 3.05. The van der Waals surface area contributed by atoms with Gasteiger partial charge in [0.1, 0.15) is 0 Å². The van der Waals surface area contributed by atoms with Crippen LogP contribution in [0.15, 0.2) is 22.7 Å². The van der Waals surface area contributed by atoms with Gasteiger partial charge in [-0.3, -0.25) is 0 Å². The summed E-state index contributed by atoms with van der Waals surface area (Å²) in [5.74, 6) is 0. The third kappa shape index (κ3) is 3.73. The highest BCUT2D eigenvalue weighted by atomic mass is 79.9. The maximum absolute atomic E-state index is 5.64. The van der Waals surface area contributed by atoms with Crippen LogP contribution in [0.1, 0.15) is 44.6 Å². The molecular weight excluding hydrogens is 300 g/mol. The van der Waals surface area contributed by atoms with E-state index in [9.17, 15) is 0 Å². The summed E-state index contributed by atoms with van der Waals surface area (Å²) in [6.07, 6.45) is 7.57. The lowest BCUT2D eigenvalue weighted by atomic mass is 9.97. The van der Waals surface area contributed by atoms with Gasteiger partial charge in [0.2, 0.25) is 0 Å². The van der Waals surface area contributed by atoms with E-state index < -0.39 is 0 Å². The van der Waals surface area contributed by atoms with Crippen molar-refractivity contribution in [2.45, 2.75) is 51.5 Å². The second kappa shape index (κ2) is 7.30. The highest BCUT2D eigenvalue weighted by molar-refractivity contribution is 9.10. The molecule has 0 aliphatic carbocycles. The van der Waals surface area contributed by atoms with Crippen LogP contribution in [0.5, 0.6) is 0 Å². The van der Waals surface area contributed by atoms with Gasteiger partial charge in [-0.15, -0.1) is 0 Å². The van der Waals surface area contributed by atoms with Gasteiger partial charge in [0.15, 0.2) is 0 Å². The quantitative estimate of drug-likeness (QED) is 0.883. The highest BCUT2D eigenvalue weighted by Crippen LogP contribution is 2.30. The predicted molar refractivity (Wildman–Crippen MR) is 86.8 cm³/mol. The fourth-order valence-corrected chi connectivity index (χ4v) is 3.61. The minimum atomic E-state index is 0.708. The SMILES string of the molecule is CCCC1CCCCN1c1ccc(CCN)c(Br)c1. The molecule has 2 N–H and O–H groups in total. The van der Waals surface area contributed by atoms with Gasteiger partial charge in [0, 0.05) is 22.7 Å². The van der Waals surface area contributed by atoms with Crippen molar-refractivity contribution in [3.8, 4) is 0 Å². The maximum atomic E-state index is 5.64. The van der Waals surface area contributed by atoms with Gasteiger partial charge in [-0.2, -0.15) is 0 Å². The Morgan fingerprint density at radius 3 is 2.89 bits per heavy atom. The first kappa shape index (κ1) is 14.9. The summed E-state index contributed by atoms with van der Waals surface area (Å²) in [6.45, 7) is 4.19. The maximum Gasteiger partial charge on any atom is 0.0380 e. The largest absolute Gasteiger partial charge is 0.369 e. The predicted octanol–water partition coefficient (Wildman–Crippen LogP) is 4.11. The first-order chi connectivity index (χ1) is 9.26. The van der Waals surface area contributed by atoms with Crippen LogP contribution in [0.4, 0.5) is 5.69 Å². The Morgan fingerprint density at radius 1 is 1.37 bits per heavy atom. The van der Waals surface area contributed by atoms with E-state index in [2.05, 4.69) is 46.0 Å². The highest BCUT2D eigenvalue weighted by Gasteiger charge is 2.22. The molecule has 1 saturated heterocycles. The van der Waals surface area contributed by atoms with E-state index in [-0.39, 0.29) is 0 Å². The van der Waals surface area contributed by atoms with Crippen molar-refractivity contribution < 1.29 is 0 Å². The van der Waals surface area contributed by atoms with Crippen LogP contribution in [0, 0.1) is 0 Å². The zero-order chi connectivity index (χ0) is 13.7. The van der Waals surface area contributed by atoms with Crippen LogP contribution in [0.25, 0.3) is 0 Å². The van der Waals surface area contributed by atoms with Gasteiger partial charge < -0.3 is 10.6 Å². The van der Waals surface area contributed by atoms with Crippen molar-refractivity contribution >= 4 is 21.6 Å². The molecule has 106 valence electrons. The Hall–Kier alpha value is -0.540. The van der Waals surface area contributed by atoms with Crippen molar-refractivity contribution in [1.29, 1.82) is 0 Å². The number of halogens is 1. The summed E-state index contributed by atoms with van der Waals surface area (Å²) < 4.78 is 1.20. The number of benzene rings is 1. The zero-order valence-corrected chi connectivity index (χ0v) is 13.5. The van der Waals surface area contributed by atoms with Gasteiger partial charge >= 0.3 is 0 Å². The van der Waals surface area contributed by atoms with E-state index in [0.717, 1.165) is 12.5 Å². The van der Waals surface area contributed by atoms with Gasteiger partial charge in [-0.25, -0.2) is 0 Å². The van der Waals surface area contributed by atoms with Crippen molar-refractivity contribution in [3.05, 3.63) is 28.2 Å². The summed E-state index contributed by atoms with van der Waals surface area (Å²) in [7, 11) is 0. The number of piperidine rings is 1. The van der Waals surface area contributed by atoms with E-state index >= 15 is 0 Å². The molecule has 1 unspecified atom stereocenters. The summed E-state index contributed by atoms with van der Waals surface area (Å²) in [4.78, 5) is 2.60. The molecule has 1 aromatic carbocycles. The number of nitrogens with zero attached hydrogens (tertiary/aromatic N) is 1. The first-order valence-corrected chi connectivity index (χ1v) is 8.30. The van der Waals surface area contributed by atoms with E-state index in [1.165, 1.54) is 54.4 Å². The van der Waals surface area contributed by atoms with Crippen LogP contribution in [0.2, 0.25) is 0 Å². The minimum absolute atomic E-state index is 0.708. The lowest BCUT2D eigenvalue weighted by Crippen LogP contribution is -2.39. The standard InChI is InChI=1S/C16H25BrN2/c1-2-5-14-6-3-4-11-19(14)15-8-7-13(9-10-18)16(17)12-15/h7-8,12,14H,2-6,9-11,18H2,1H3. The summed E-state index contributed by atoms with van der Waals surface area (Å²) in [5.41, 5.74) is 8.32. The summed E-state index contributed by atoms with van der Waals surface area (Å²) in [5, 5.41) is 0. The average molecular weight is 325 g/mol. The molecule has 0 bridgehead atoms. The van der Waals surface area contributed by atoms with Gasteiger partial charge in [0.25, 0.3) is 0 Å². The molecule has 1 aliphatic rings. The molecular formula is C16H25BrN2. The van der Waals surface area contributed by atoms with Crippen LogP contribution in [-0.2, 0) is 6.42 Å². The Kier molecular flexibility index (Phi) is 5.71. The molecule has 3 heteroatoms. The smallest absolute Gasteiger partial charge is 0.0380 e. The molecule has 1 aromatic rings. The lowest BCUT2D eigenvalue weighted by Gasteiger charge is -2.38. The topological polar surface area (TPSA) is 29.3 Å². The first-order valence-electron chi connectivity index (χ1n) is 7.51. The number of hydrogen-bond acceptors (Lipinski definition) is 2. The average Bonchev–Trinajstić information content (AvgIpc) is 2.42. The van der Waals surface area contributed by atoms with Gasteiger partial charge in [-0.1, -0.05) is 35.3 Å². The molecule has 0 spiro atoms. The number of rotatable bonds is 5. The molecule has 2 rings (SSSR count). The number of hydrogen-bond donors (Lipinski definition) is 1. The van der Waals surface area contributed by atoms with E-state index in [1.807, 2.05) is 0 Å². The minimum Gasteiger partial charge on any atom is -0.369 e. The lowest BCUT2D eigenvalue weighted by molar-refractivity contribution is 0.434. The third-order valence-corrected chi connectivity index (χ3v) is 4.77. The zero-order valence-electron chi connectivity index (χ0n) is 11.9. The Bertz CT molecular complexity index is 404. The van der Waals surface area contributed by atoms with Crippen LogP contribution >= 0.6 is 15.9 Å². The van der Waals surface area contributed by atoms with Crippen LogP contribution < -0.4 is 10.6 Å². The molecule has 0 saturated carbocycles. The molecule has 0 aromatic heterocycles. The summed E-state index contributed by atoms with van der Waals surface area (Å²) in [6, 6.07) is 7.50. The Balaban J connectivity index is 2.17. The molecule has 2 nitrogen and oxygen atoms in total. The fraction of sp³-hybridized carbons (Fsp3) is 0.625. The molecule has 19 heavy (non-hydrogen) atoms. The van der Waals surface area contributed by atoms with Crippen molar-refractivity contribution in [1.82, 2.24) is 0 Å². The second-order valence-corrected chi connectivity index (χ2v) is 6.30. The van der Waals surface area contributed by atoms with Crippen molar-refractivity contribution in [2.75, 3.05) is 18.0 Å². The van der Waals surface area contributed by atoms with Crippen LogP contribution in [-0.4, -0.2) is 19.1 Å². The van der Waals surface area contributed by atoms with E-state index in [4.69, 9.17) is 5.73 Å². The van der Waals surface area contributed by atoms with Crippen LogP contribution in [0.3, 0.4) is 0 Å². The number of nitrogens with two attached hydrogens (primary N) is 1. The molecule has 0 radical (unpaired) electrons. The second-order valence-electron chi connectivity index (χ2n) is 5.45. The summed E-state index contributed by atoms with van der Waals surface area (Å²) >= 11 is 3.69.